The average molecular weight is 298 g/mol. The highest BCUT2D eigenvalue weighted by atomic mass is 19.4. The Labute approximate surface area is 117 Å². The SMILES string of the molecule is O=C(O)c1cc(O)cc(-c2ccc(OC(F)(F)F)cc2)c1. The molecule has 0 heterocycles. The van der Waals surface area contributed by atoms with Gasteiger partial charge in [0, 0.05) is 0 Å². The van der Waals surface area contributed by atoms with Crippen LogP contribution in [0.25, 0.3) is 11.1 Å². The van der Waals surface area contributed by atoms with E-state index in [1.807, 2.05) is 0 Å². The monoisotopic (exact) mass is 298 g/mol. The molecule has 21 heavy (non-hydrogen) atoms. The van der Waals surface area contributed by atoms with Crippen molar-refractivity contribution in [2.24, 2.45) is 0 Å². The van der Waals surface area contributed by atoms with Crippen LogP contribution in [0.2, 0.25) is 0 Å². The maximum absolute atomic E-state index is 12.0. The van der Waals surface area contributed by atoms with Crippen molar-refractivity contribution >= 4 is 5.97 Å². The fraction of sp³-hybridized carbons (Fsp3) is 0.0714. The van der Waals surface area contributed by atoms with Crippen molar-refractivity contribution in [3.63, 3.8) is 0 Å². The lowest BCUT2D eigenvalue weighted by atomic mass is 10.0. The van der Waals surface area contributed by atoms with Gasteiger partial charge in [-0.15, -0.1) is 13.2 Å². The van der Waals surface area contributed by atoms with Gasteiger partial charge in [-0.1, -0.05) is 12.1 Å². The number of carbonyl (C=O) groups is 1. The normalized spacial score (nSPS) is 11.2. The van der Waals surface area contributed by atoms with Crippen molar-refractivity contribution in [2.75, 3.05) is 0 Å². The van der Waals surface area contributed by atoms with E-state index in [0.717, 1.165) is 18.2 Å². The second kappa shape index (κ2) is 5.35. The molecule has 0 bridgehead atoms. The van der Waals surface area contributed by atoms with Gasteiger partial charge in [0.15, 0.2) is 0 Å². The molecule has 2 aromatic rings. The lowest BCUT2D eigenvalue weighted by Crippen LogP contribution is -2.16. The number of hydrogen-bond donors (Lipinski definition) is 2. The van der Waals surface area contributed by atoms with Crippen LogP contribution in [0.15, 0.2) is 42.5 Å². The van der Waals surface area contributed by atoms with E-state index in [9.17, 15) is 23.1 Å². The number of ether oxygens (including phenoxy) is 1. The number of hydrogen-bond acceptors (Lipinski definition) is 3. The Kier molecular flexibility index (Phi) is 3.75. The highest BCUT2D eigenvalue weighted by molar-refractivity contribution is 5.90. The Morgan fingerprint density at radius 2 is 1.62 bits per heavy atom. The van der Waals surface area contributed by atoms with E-state index < -0.39 is 12.3 Å². The summed E-state index contributed by atoms with van der Waals surface area (Å²) in [5.41, 5.74) is 0.689. The molecule has 0 spiro atoms. The van der Waals surface area contributed by atoms with Gasteiger partial charge in [0.25, 0.3) is 0 Å². The molecule has 0 saturated heterocycles. The van der Waals surface area contributed by atoms with Gasteiger partial charge in [0.05, 0.1) is 5.56 Å². The highest BCUT2D eigenvalue weighted by Crippen LogP contribution is 2.29. The van der Waals surface area contributed by atoms with Gasteiger partial charge in [-0.2, -0.15) is 0 Å². The van der Waals surface area contributed by atoms with Gasteiger partial charge in [0.2, 0.25) is 0 Å². The van der Waals surface area contributed by atoms with Crippen LogP contribution >= 0.6 is 0 Å². The number of aromatic hydroxyl groups is 1. The number of carboxylic acids is 1. The van der Waals surface area contributed by atoms with E-state index in [1.165, 1.54) is 24.3 Å². The van der Waals surface area contributed by atoms with Crippen LogP contribution in [0, 0.1) is 0 Å². The van der Waals surface area contributed by atoms with E-state index in [1.54, 1.807) is 0 Å². The number of halogens is 3. The molecular formula is C14H9F3O4. The van der Waals surface area contributed by atoms with Crippen LogP contribution in [0.1, 0.15) is 10.4 Å². The van der Waals surface area contributed by atoms with E-state index in [-0.39, 0.29) is 17.1 Å². The van der Waals surface area contributed by atoms with E-state index in [2.05, 4.69) is 4.74 Å². The molecule has 0 aliphatic carbocycles. The quantitative estimate of drug-likeness (QED) is 0.907. The number of phenols is 1. The Morgan fingerprint density at radius 1 is 1.00 bits per heavy atom. The van der Waals surface area contributed by atoms with Crippen LogP contribution in [-0.4, -0.2) is 22.5 Å². The first-order chi connectivity index (χ1) is 9.74. The van der Waals surface area contributed by atoms with Crippen molar-refractivity contribution in [1.29, 1.82) is 0 Å². The second-order valence-corrected chi connectivity index (χ2v) is 4.15. The molecular weight excluding hydrogens is 289 g/mol. The summed E-state index contributed by atoms with van der Waals surface area (Å²) in [5, 5.41) is 18.4. The Morgan fingerprint density at radius 3 is 2.14 bits per heavy atom. The Hall–Kier alpha value is -2.70. The Bertz CT molecular complexity index is 663. The zero-order chi connectivity index (χ0) is 15.6. The summed E-state index contributed by atoms with van der Waals surface area (Å²) in [5.74, 6) is -1.85. The summed E-state index contributed by atoms with van der Waals surface area (Å²) in [7, 11) is 0. The molecule has 0 atom stereocenters. The second-order valence-electron chi connectivity index (χ2n) is 4.15. The third-order valence-electron chi connectivity index (χ3n) is 2.59. The molecule has 7 heteroatoms. The lowest BCUT2D eigenvalue weighted by molar-refractivity contribution is -0.274. The van der Waals surface area contributed by atoms with Crippen molar-refractivity contribution in [3.05, 3.63) is 48.0 Å². The zero-order valence-corrected chi connectivity index (χ0v) is 10.4. The zero-order valence-electron chi connectivity index (χ0n) is 10.4. The van der Waals surface area contributed by atoms with Gasteiger partial charge in [0.1, 0.15) is 11.5 Å². The highest BCUT2D eigenvalue weighted by Gasteiger charge is 2.30. The molecule has 2 rings (SSSR count). The molecule has 0 aliphatic rings. The van der Waals surface area contributed by atoms with Gasteiger partial charge < -0.3 is 14.9 Å². The summed E-state index contributed by atoms with van der Waals surface area (Å²) in [6.45, 7) is 0. The van der Waals surface area contributed by atoms with Gasteiger partial charge in [-0.05, 0) is 41.5 Å². The average Bonchev–Trinajstić information content (AvgIpc) is 2.37. The predicted octanol–water partition coefficient (Wildman–Crippen LogP) is 3.66. The summed E-state index contributed by atoms with van der Waals surface area (Å²) < 4.78 is 39.9. The third kappa shape index (κ3) is 3.88. The van der Waals surface area contributed by atoms with Crippen molar-refractivity contribution < 1.29 is 32.9 Å². The van der Waals surface area contributed by atoms with Crippen molar-refractivity contribution in [2.45, 2.75) is 6.36 Å². The molecule has 4 nitrogen and oxygen atoms in total. The van der Waals surface area contributed by atoms with E-state index >= 15 is 0 Å². The van der Waals surface area contributed by atoms with Crippen LogP contribution in [0.5, 0.6) is 11.5 Å². The molecule has 110 valence electrons. The molecule has 0 radical (unpaired) electrons. The molecule has 0 amide bonds. The van der Waals surface area contributed by atoms with E-state index in [4.69, 9.17) is 5.11 Å². The summed E-state index contributed by atoms with van der Waals surface area (Å²) in [6, 6.07) is 8.57. The first kappa shape index (κ1) is 14.7. The summed E-state index contributed by atoms with van der Waals surface area (Å²) >= 11 is 0. The first-order valence-corrected chi connectivity index (χ1v) is 5.68. The van der Waals surface area contributed by atoms with Crippen LogP contribution in [-0.2, 0) is 0 Å². The topological polar surface area (TPSA) is 66.8 Å². The third-order valence-corrected chi connectivity index (χ3v) is 2.59. The van der Waals surface area contributed by atoms with Gasteiger partial charge >= 0.3 is 12.3 Å². The van der Waals surface area contributed by atoms with Gasteiger partial charge in [-0.25, -0.2) is 4.79 Å². The first-order valence-electron chi connectivity index (χ1n) is 5.68. The standard InChI is InChI=1S/C14H9F3O4/c15-14(16,17)21-12-3-1-8(2-4-12)9-5-10(13(19)20)7-11(18)6-9/h1-7,18H,(H,19,20). The minimum atomic E-state index is -4.77. The number of phenolic OH excluding ortho intramolecular Hbond substituents is 1. The van der Waals surface area contributed by atoms with Crippen molar-refractivity contribution in [1.82, 2.24) is 0 Å². The maximum atomic E-state index is 12.0. The number of alkyl halides is 3. The fourth-order valence-electron chi connectivity index (χ4n) is 1.75. The number of carboxylic acid groups (broad SMARTS) is 1. The Balaban J connectivity index is 2.32. The molecule has 2 aromatic carbocycles. The minimum absolute atomic E-state index is 0.124. The molecule has 0 saturated carbocycles. The number of aromatic carboxylic acids is 1. The molecule has 0 fully saturated rings. The minimum Gasteiger partial charge on any atom is -0.508 e. The number of benzene rings is 2. The largest absolute Gasteiger partial charge is 0.573 e. The number of rotatable bonds is 3. The van der Waals surface area contributed by atoms with Crippen LogP contribution in [0.3, 0.4) is 0 Å². The van der Waals surface area contributed by atoms with Crippen molar-refractivity contribution in [3.8, 4) is 22.6 Å². The molecule has 2 N–H and O–H groups in total. The smallest absolute Gasteiger partial charge is 0.508 e. The lowest BCUT2D eigenvalue weighted by Gasteiger charge is -2.10. The van der Waals surface area contributed by atoms with Crippen LogP contribution < -0.4 is 4.74 Å². The predicted molar refractivity (Wildman–Crippen MR) is 67.2 cm³/mol. The van der Waals surface area contributed by atoms with E-state index in [0.29, 0.717) is 11.1 Å². The van der Waals surface area contributed by atoms with Gasteiger partial charge in [-0.3, -0.25) is 0 Å². The molecule has 0 aromatic heterocycles. The summed E-state index contributed by atoms with van der Waals surface area (Å²) in [6.07, 6.45) is -4.77. The molecule has 0 aliphatic heterocycles. The maximum Gasteiger partial charge on any atom is 0.573 e. The summed E-state index contributed by atoms with van der Waals surface area (Å²) in [4.78, 5) is 10.9. The molecule has 0 unspecified atom stereocenters. The fourth-order valence-corrected chi connectivity index (χ4v) is 1.75. The van der Waals surface area contributed by atoms with Crippen LogP contribution in [0.4, 0.5) is 13.2 Å².